The van der Waals surface area contributed by atoms with Crippen LogP contribution in [0.3, 0.4) is 0 Å². The molecule has 0 aliphatic carbocycles. The van der Waals surface area contributed by atoms with E-state index >= 15 is 0 Å². The average Bonchev–Trinajstić information content (AvgIpc) is 3.53. The minimum Gasteiger partial charge on any atom is -0.494 e. The molecule has 1 N–H and O–H groups in total. The lowest BCUT2D eigenvalue weighted by Gasteiger charge is -2.35. The monoisotopic (exact) mass is 522 g/mol. The van der Waals surface area contributed by atoms with Crippen molar-refractivity contribution in [3.63, 3.8) is 0 Å². The number of hydrogen-bond acceptors (Lipinski definition) is 8. The third-order valence-corrected chi connectivity index (χ3v) is 7.97. The van der Waals surface area contributed by atoms with Gasteiger partial charge in [-0.15, -0.1) is 11.3 Å². The van der Waals surface area contributed by atoms with E-state index in [9.17, 15) is 9.59 Å². The number of aryl methyl sites for hydroxylation is 1. The highest BCUT2D eigenvalue weighted by molar-refractivity contribution is 7.23. The molecular weight excluding hydrogens is 496 g/mol. The number of nitrogens with zero attached hydrogens (tertiary/aromatic N) is 3. The Morgan fingerprint density at radius 1 is 1.00 bits per heavy atom. The van der Waals surface area contributed by atoms with Crippen molar-refractivity contribution in [1.82, 2.24) is 9.88 Å². The summed E-state index contributed by atoms with van der Waals surface area (Å²) < 4.78 is 12.0. The number of nitrogens with one attached hydrogen (secondary N) is 1. The minimum absolute atomic E-state index is 0.171. The van der Waals surface area contributed by atoms with Crippen LogP contribution in [0.1, 0.15) is 20.1 Å². The Hall–Kier alpha value is -3.63. The van der Waals surface area contributed by atoms with E-state index in [-0.39, 0.29) is 18.6 Å². The zero-order chi connectivity index (χ0) is 25.1. The highest BCUT2D eigenvalue weighted by Crippen LogP contribution is 2.40. The number of methoxy groups -OCH3 is 1. The lowest BCUT2D eigenvalue weighted by molar-refractivity contribution is 0.0941. The average molecular weight is 523 g/mol. The number of carbonyl (C=O) groups excluding carboxylic acids is 2. The number of piperazine rings is 1. The van der Waals surface area contributed by atoms with Gasteiger partial charge in [-0.3, -0.25) is 10.1 Å². The van der Waals surface area contributed by atoms with Crippen LogP contribution in [0.5, 0.6) is 5.75 Å². The first-order valence-electron chi connectivity index (χ1n) is 11.6. The van der Waals surface area contributed by atoms with Gasteiger partial charge in [-0.1, -0.05) is 41.7 Å². The molecule has 2 aromatic carbocycles. The molecule has 8 nitrogen and oxygen atoms in total. The fourth-order valence-corrected chi connectivity index (χ4v) is 5.87. The van der Waals surface area contributed by atoms with Crippen LogP contribution in [0.2, 0.25) is 0 Å². The number of ether oxygens (including phenoxy) is 2. The van der Waals surface area contributed by atoms with Crippen LogP contribution in [0, 0.1) is 6.92 Å². The van der Waals surface area contributed by atoms with Crippen LogP contribution in [-0.2, 0) is 11.3 Å². The smallest absolute Gasteiger partial charge is 0.410 e. The van der Waals surface area contributed by atoms with E-state index in [2.05, 4.69) is 15.2 Å². The predicted molar refractivity (Wildman–Crippen MR) is 144 cm³/mol. The number of hydrogen-bond donors (Lipinski definition) is 1. The molecule has 0 radical (unpaired) electrons. The molecule has 1 saturated heterocycles. The first kappa shape index (κ1) is 24.1. The fourth-order valence-electron chi connectivity index (χ4n) is 4.09. The van der Waals surface area contributed by atoms with Gasteiger partial charge in [0.1, 0.15) is 17.9 Å². The summed E-state index contributed by atoms with van der Waals surface area (Å²) in [6, 6.07) is 17.3. The summed E-state index contributed by atoms with van der Waals surface area (Å²) in [7, 11) is 1.61. The van der Waals surface area contributed by atoms with Gasteiger partial charge in [0.05, 0.1) is 22.4 Å². The van der Waals surface area contributed by atoms with E-state index in [0.29, 0.717) is 47.5 Å². The van der Waals surface area contributed by atoms with Crippen molar-refractivity contribution in [2.45, 2.75) is 13.5 Å². The number of aromatic nitrogens is 1. The molecule has 2 aromatic heterocycles. The van der Waals surface area contributed by atoms with Crippen molar-refractivity contribution in [3.8, 4) is 5.75 Å². The normalized spacial score (nSPS) is 13.6. The summed E-state index contributed by atoms with van der Waals surface area (Å²) in [5.41, 5.74) is 2.68. The van der Waals surface area contributed by atoms with E-state index in [0.717, 1.165) is 20.8 Å². The fraction of sp³-hybridized carbons (Fsp3) is 0.269. The second-order valence-electron chi connectivity index (χ2n) is 8.36. The SMILES string of the molecule is COc1ccc(N2CCN(C(=O)OCc3ccccc3)CC2)c2sc(NC(=O)c3ccc(C)s3)nc12. The predicted octanol–water partition coefficient (Wildman–Crippen LogP) is 5.39. The number of amides is 2. The summed E-state index contributed by atoms with van der Waals surface area (Å²) >= 11 is 2.87. The van der Waals surface area contributed by atoms with Gasteiger partial charge in [0.2, 0.25) is 0 Å². The second-order valence-corrected chi connectivity index (χ2v) is 10.6. The van der Waals surface area contributed by atoms with Gasteiger partial charge in [0.25, 0.3) is 5.91 Å². The van der Waals surface area contributed by atoms with E-state index in [1.807, 2.05) is 61.5 Å². The van der Waals surface area contributed by atoms with E-state index in [1.54, 1.807) is 12.0 Å². The molecule has 0 atom stereocenters. The molecule has 186 valence electrons. The zero-order valence-corrected chi connectivity index (χ0v) is 21.7. The Kier molecular flexibility index (Phi) is 7.06. The summed E-state index contributed by atoms with van der Waals surface area (Å²) in [4.78, 5) is 35.6. The Balaban J connectivity index is 1.28. The summed E-state index contributed by atoms with van der Waals surface area (Å²) in [5, 5.41) is 3.45. The van der Waals surface area contributed by atoms with Crippen molar-refractivity contribution >= 4 is 55.7 Å². The molecule has 3 heterocycles. The van der Waals surface area contributed by atoms with Crippen molar-refractivity contribution in [2.24, 2.45) is 0 Å². The number of benzene rings is 2. The highest BCUT2D eigenvalue weighted by atomic mass is 32.1. The summed E-state index contributed by atoms with van der Waals surface area (Å²) in [5.74, 6) is 0.482. The topological polar surface area (TPSA) is 84.0 Å². The number of anilines is 2. The molecule has 0 spiro atoms. The van der Waals surface area contributed by atoms with Gasteiger partial charge in [-0.2, -0.15) is 0 Å². The Bertz CT molecular complexity index is 1380. The Labute approximate surface area is 217 Å². The summed E-state index contributed by atoms with van der Waals surface area (Å²) in [6.07, 6.45) is -0.301. The molecular formula is C26H26N4O4S2. The molecule has 0 bridgehead atoms. The lowest BCUT2D eigenvalue weighted by Crippen LogP contribution is -2.49. The Morgan fingerprint density at radius 3 is 2.47 bits per heavy atom. The maximum Gasteiger partial charge on any atom is 0.410 e. The molecule has 0 unspecified atom stereocenters. The molecule has 1 aliphatic heterocycles. The summed E-state index contributed by atoms with van der Waals surface area (Å²) in [6.45, 7) is 4.67. The van der Waals surface area contributed by atoms with Gasteiger partial charge in [-0.25, -0.2) is 9.78 Å². The third kappa shape index (κ3) is 5.14. The quantitative estimate of drug-likeness (QED) is 0.366. The lowest BCUT2D eigenvalue weighted by atomic mass is 10.2. The first-order valence-corrected chi connectivity index (χ1v) is 13.2. The van der Waals surface area contributed by atoms with Crippen molar-refractivity contribution in [2.75, 3.05) is 43.5 Å². The van der Waals surface area contributed by atoms with Crippen LogP contribution >= 0.6 is 22.7 Å². The molecule has 1 aliphatic rings. The number of rotatable bonds is 6. The van der Waals surface area contributed by atoms with E-state index < -0.39 is 0 Å². The molecule has 5 rings (SSSR count). The second kappa shape index (κ2) is 10.5. The number of carbonyl (C=O) groups is 2. The third-order valence-electron chi connectivity index (χ3n) is 5.97. The maximum atomic E-state index is 12.7. The van der Waals surface area contributed by atoms with Crippen LogP contribution in [-0.4, -0.2) is 55.2 Å². The van der Waals surface area contributed by atoms with Crippen molar-refractivity contribution < 1.29 is 19.1 Å². The largest absolute Gasteiger partial charge is 0.494 e. The highest BCUT2D eigenvalue weighted by Gasteiger charge is 2.25. The van der Waals surface area contributed by atoms with Gasteiger partial charge in [0.15, 0.2) is 5.13 Å². The van der Waals surface area contributed by atoms with Crippen molar-refractivity contribution in [3.05, 3.63) is 69.9 Å². The molecule has 4 aromatic rings. The molecule has 36 heavy (non-hydrogen) atoms. The van der Waals surface area contributed by atoms with Gasteiger partial charge < -0.3 is 19.3 Å². The molecule has 1 fully saturated rings. The van der Waals surface area contributed by atoms with Gasteiger partial charge >= 0.3 is 6.09 Å². The van der Waals surface area contributed by atoms with E-state index in [4.69, 9.17) is 9.47 Å². The first-order chi connectivity index (χ1) is 17.5. The minimum atomic E-state index is -0.301. The maximum absolute atomic E-state index is 12.7. The standard InChI is InChI=1S/C26H26N4O4S2/c1-17-8-11-21(35-17)24(31)28-25-27-22-20(33-2)10-9-19(23(22)36-25)29-12-14-30(15-13-29)26(32)34-16-18-6-4-3-5-7-18/h3-11H,12-16H2,1-2H3,(H,27,28,31). The number of thiophene rings is 1. The number of fused-ring (bicyclic) bond motifs is 1. The molecule has 10 heteroatoms. The van der Waals surface area contributed by atoms with Crippen LogP contribution in [0.4, 0.5) is 15.6 Å². The van der Waals surface area contributed by atoms with E-state index in [1.165, 1.54) is 22.7 Å². The number of thiazole rings is 1. The molecule has 0 saturated carbocycles. The van der Waals surface area contributed by atoms with Crippen LogP contribution in [0.25, 0.3) is 10.2 Å². The van der Waals surface area contributed by atoms with Crippen LogP contribution < -0.4 is 15.0 Å². The van der Waals surface area contributed by atoms with Gasteiger partial charge in [-0.05, 0) is 36.8 Å². The van der Waals surface area contributed by atoms with Crippen molar-refractivity contribution in [1.29, 1.82) is 0 Å². The molecule has 2 amide bonds. The zero-order valence-electron chi connectivity index (χ0n) is 20.0. The van der Waals surface area contributed by atoms with Crippen LogP contribution in [0.15, 0.2) is 54.6 Å². The Morgan fingerprint density at radius 2 is 1.78 bits per heavy atom. The van der Waals surface area contributed by atoms with Gasteiger partial charge in [0, 0.05) is 31.1 Å².